The first kappa shape index (κ1) is 20.3. The number of rotatable bonds is 8. The summed E-state index contributed by atoms with van der Waals surface area (Å²) in [4.78, 5) is 14.3. The average Bonchev–Trinajstić information content (AvgIpc) is 2.62. The maximum Gasteiger partial charge on any atom is 0.224 e. The van der Waals surface area contributed by atoms with Gasteiger partial charge in [-0.15, -0.1) is 6.58 Å². The van der Waals surface area contributed by atoms with Crippen LogP contribution < -0.4 is 9.47 Å². The lowest BCUT2D eigenvalue weighted by atomic mass is 9.98. The zero-order valence-corrected chi connectivity index (χ0v) is 16.3. The van der Waals surface area contributed by atoms with Gasteiger partial charge < -0.3 is 14.4 Å². The second-order valence-corrected chi connectivity index (χ2v) is 8.18. The Morgan fingerprint density at radius 2 is 1.88 bits per heavy atom. The third kappa shape index (κ3) is 4.76. The van der Waals surface area contributed by atoms with E-state index in [1.165, 1.54) is 10.4 Å². The summed E-state index contributed by atoms with van der Waals surface area (Å²) in [6.45, 7) is 4.99. The van der Waals surface area contributed by atoms with Gasteiger partial charge in [0.1, 0.15) is 0 Å². The molecule has 7 nitrogen and oxygen atoms in total. The van der Waals surface area contributed by atoms with Crippen LogP contribution in [0.5, 0.6) is 11.5 Å². The minimum Gasteiger partial charge on any atom is -0.493 e. The Balaban J connectivity index is 2.05. The Morgan fingerprint density at radius 3 is 2.42 bits per heavy atom. The Bertz CT molecular complexity index is 776. The highest BCUT2D eigenvalue weighted by Gasteiger charge is 2.24. The highest BCUT2D eigenvalue weighted by atomic mass is 32.2. The Labute approximate surface area is 155 Å². The molecule has 0 fully saturated rings. The van der Waals surface area contributed by atoms with Crippen LogP contribution in [0.3, 0.4) is 0 Å². The van der Waals surface area contributed by atoms with Crippen LogP contribution in [0.25, 0.3) is 0 Å². The van der Waals surface area contributed by atoms with Crippen LogP contribution in [0.4, 0.5) is 0 Å². The number of carbonyl (C=O) groups excluding carboxylic acids is 1. The van der Waals surface area contributed by atoms with Crippen molar-refractivity contribution in [3.05, 3.63) is 35.9 Å². The third-order valence-corrected chi connectivity index (χ3v) is 5.72. The molecule has 1 heterocycles. The molecule has 0 spiro atoms. The van der Waals surface area contributed by atoms with Gasteiger partial charge in [-0.05, 0) is 29.7 Å². The maximum atomic E-state index is 12.5. The van der Waals surface area contributed by atoms with Crippen molar-refractivity contribution in [1.82, 2.24) is 9.21 Å². The van der Waals surface area contributed by atoms with E-state index in [0.717, 1.165) is 23.8 Å². The van der Waals surface area contributed by atoms with E-state index in [1.807, 2.05) is 12.1 Å². The van der Waals surface area contributed by atoms with Gasteiger partial charge in [0.25, 0.3) is 0 Å². The molecule has 1 aromatic rings. The van der Waals surface area contributed by atoms with E-state index < -0.39 is 10.0 Å². The molecule has 0 aromatic heterocycles. The topological polar surface area (TPSA) is 76.2 Å². The normalized spacial score (nSPS) is 14.1. The number of hydrogen-bond donors (Lipinski definition) is 0. The summed E-state index contributed by atoms with van der Waals surface area (Å²) in [7, 11) is -0.182. The first-order valence-corrected chi connectivity index (χ1v) is 10.2. The predicted molar refractivity (Wildman–Crippen MR) is 99.9 cm³/mol. The lowest BCUT2D eigenvalue weighted by molar-refractivity contribution is -0.132. The minimum absolute atomic E-state index is 0.0665. The van der Waals surface area contributed by atoms with Crippen molar-refractivity contribution in [2.24, 2.45) is 0 Å². The average molecular weight is 382 g/mol. The fourth-order valence-electron chi connectivity index (χ4n) is 3.01. The number of sulfonamides is 1. The van der Waals surface area contributed by atoms with Gasteiger partial charge in [0, 0.05) is 32.6 Å². The van der Waals surface area contributed by atoms with E-state index in [4.69, 9.17) is 9.47 Å². The fraction of sp³-hybridized carbons (Fsp3) is 0.500. The first-order chi connectivity index (χ1) is 12.3. The van der Waals surface area contributed by atoms with Gasteiger partial charge in [-0.1, -0.05) is 6.08 Å². The summed E-state index contributed by atoms with van der Waals surface area (Å²) in [5.74, 6) is 1.25. The summed E-state index contributed by atoms with van der Waals surface area (Å²) in [5, 5.41) is 0. The van der Waals surface area contributed by atoms with Crippen LogP contribution in [0.2, 0.25) is 0 Å². The number of benzene rings is 1. The molecule has 8 heteroatoms. The molecule has 0 atom stereocenters. The highest BCUT2D eigenvalue weighted by Crippen LogP contribution is 2.33. The summed E-state index contributed by atoms with van der Waals surface area (Å²) in [6, 6.07) is 3.85. The first-order valence-electron chi connectivity index (χ1n) is 8.37. The number of methoxy groups -OCH3 is 2. The van der Waals surface area contributed by atoms with Gasteiger partial charge in [-0.25, -0.2) is 8.42 Å². The molecule has 0 saturated heterocycles. The van der Waals surface area contributed by atoms with Crippen molar-refractivity contribution >= 4 is 15.9 Å². The van der Waals surface area contributed by atoms with Crippen molar-refractivity contribution < 1.29 is 22.7 Å². The van der Waals surface area contributed by atoms with E-state index in [0.29, 0.717) is 24.6 Å². The van der Waals surface area contributed by atoms with E-state index in [9.17, 15) is 13.2 Å². The van der Waals surface area contributed by atoms with Gasteiger partial charge >= 0.3 is 0 Å². The van der Waals surface area contributed by atoms with Crippen LogP contribution in [-0.4, -0.2) is 63.6 Å². The lowest BCUT2D eigenvalue weighted by Gasteiger charge is -2.30. The van der Waals surface area contributed by atoms with Crippen molar-refractivity contribution in [2.45, 2.75) is 19.4 Å². The third-order valence-electron chi connectivity index (χ3n) is 4.45. The largest absolute Gasteiger partial charge is 0.493 e. The molecular weight excluding hydrogens is 356 g/mol. The molecule has 26 heavy (non-hydrogen) atoms. The lowest BCUT2D eigenvalue weighted by Crippen LogP contribution is -2.39. The second-order valence-electron chi connectivity index (χ2n) is 6.20. The Morgan fingerprint density at radius 1 is 1.27 bits per heavy atom. The zero-order valence-electron chi connectivity index (χ0n) is 15.5. The van der Waals surface area contributed by atoms with E-state index in [1.54, 1.807) is 19.1 Å². The van der Waals surface area contributed by atoms with Crippen LogP contribution in [0, 0.1) is 0 Å². The molecular formula is C18H26N2O5S. The number of ether oxygens (including phenoxy) is 2. The predicted octanol–water partition coefficient (Wildman–Crippen LogP) is 1.43. The molecule has 1 aliphatic rings. The summed E-state index contributed by atoms with van der Waals surface area (Å²) < 4.78 is 35.4. The molecule has 1 aliphatic heterocycles. The second kappa shape index (κ2) is 8.55. The highest BCUT2D eigenvalue weighted by molar-refractivity contribution is 7.88. The molecule has 0 saturated carbocycles. The molecule has 0 radical (unpaired) electrons. The fourth-order valence-corrected chi connectivity index (χ4v) is 3.81. The summed E-state index contributed by atoms with van der Waals surface area (Å²) >= 11 is 0. The van der Waals surface area contributed by atoms with Gasteiger partial charge in [-0.2, -0.15) is 4.31 Å². The van der Waals surface area contributed by atoms with Gasteiger partial charge in [0.2, 0.25) is 15.9 Å². The van der Waals surface area contributed by atoms with Gasteiger partial charge in [0.05, 0.1) is 20.5 Å². The molecule has 2 rings (SSSR count). The SMILES string of the molecule is C=CCN(CCC(=O)N1CCc2cc(OC)c(OC)cc2C1)S(C)(=O)=O. The smallest absolute Gasteiger partial charge is 0.224 e. The van der Waals surface area contributed by atoms with Crippen LogP contribution in [0.15, 0.2) is 24.8 Å². The van der Waals surface area contributed by atoms with E-state index in [2.05, 4.69) is 6.58 Å². The molecule has 144 valence electrons. The quantitative estimate of drug-likeness (QED) is 0.636. The summed E-state index contributed by atoms with van der Waals surface area (Å²) in [5.41, 5.74) is 2.16. The van der Waals surface area contributed by atoms with Crippen molar-refractivity contribution in [3.63, 3.8) is 0 Å². The number of nitrogens with zero attached hydrogens (tertiary/aromatic N) is 2. The molecule has 1 amide bonds. The number of amides is 1. The Hall–Kier alpha value is -2.06. The molecule has 1 aromatic carbocycles. The van der Waals surface area contributed by atoms with E-state index in [-0.39, 0.29) is 25.4 Å². The zero-order chi connectivity index (χ0) is 19.3. The monoisotopic (exact) mass is 382 g/mol. The summed E-state index contributed by atoms with van der Waals surface area (Å²) in [6.07, 6.45) is 3.52. The maximum absolute atomic E-state index is 12.5. The van der Waals surface area contributed by atoms with Crippen molar-refractivity contribution in [2.75, 3.05) is 40.1 Å². The van der Waals surface area contributed by atoms with Crippen LogP contribution >= 0.6 is 0 Å². The molecule has 0 unspecified atom stereocenters. The van der Waals surface area contributed by atoms with Crippen molar-refractivity contribution in [3.8, 4) is 11.5 Å². The molecule has 0 N–H and O–H groups in total. The molecule has 0 aliphatic carbocycles. The Kier molecular flexibility index (Phi) is 6.66. The molecule has 0 bridgehead atoms. The van der Waals surface area contributed by atoms with Gasteiger partial charge in [-0.3, -0.25) is 4.79 Å². The van der Waals surface area contributed by atoms with Gasteiger partial charge in [0.15, 0.2) is 11.5 Å². The minimum atomic E-state index is -3.36. The van der Waals surface area contributed by atoms with E-state index >= 15 is 0 Å². The number of hydrogen-bond acceptors (Lipinski definition) is 5. The number of carbonyl (C=O) groups is 1. The van der Waals surface area contributed by atoms with Crippen LogP contribution in [0.1, 0.15) is 17.5 Å². The van der Waals surface area contributed by atoms with Crippen LogP contribution in [-0.2, 0) is 27.8 Å². The van der Waals surface area contributed by atoms with Crippen molar-refractivity contribution in [1.29, 1.82) is 0 Å². The standard InChI is InChI=1S/C18H26N2O5S/c1-5-8-20(26(4,22)23)10-7-18(21)19-9-6-14-11-16(24-2)17(25-3)12-15(14)13-19/h5,11-12H,1,6-10,13H2,2-4H3. The number of fused-ring (bicyclic) bond motifs is 1.